The fourth-order valence-electron chi connectivity index (χ4n) is 0.958. The van der Waals surface area contributed by atoms with Gasteiger partial charge in [-0.05, 0) is 12.5 Å². The molecule has 0 fully saturated rings. The number of nitrogens with zero attached hydrogens (tertiary/aromatic N) is 1. The number of nitrogens with two attached hydrogens (primary N) is 1. The van der Waals surface area contributed by atoms with Crippen molar-refractivity contribution in [2.24, 2.45) is 0 Å². The molecular formula is C8H8BrF3N2O. The normalized spacial score (nSPS) is 11.5. The highest BCUT2D eigenvalue weighted by molar-refractivity contribution is 9.08. The minimum absolute atomic E-state index is 0.221. The van der Waals surface area contributed by atoms with Crippen molar-refractivity contribution in [1.29, 1.82) is 0 Å². The van der Waals surface area contributed by atoms with Crippen LogP contribution in [0.15, 0.2) is 6.07 Å². The summed E-state index contributed by atoms with van der Waals surface area (Å²) in [5, 5.41) is 0.318. The molecule has 0 aliphatic heterocycles. The van der Waals surface area contributed by atoms with Crippen LogP contribution >= 0.6 is 15.9 Å². The second kappa shape index (κ2) is 4.26. The molecule has 7 heteroatoms. The average Bonchev–Trinajstić information content (AvgIpc) is 2.08. The smallest absolute Gasteiger partial charge is 0.398 e. The lowest BCUT2D eigenvalue weighted by Gasteiger charge is -2.11. The molecule has 1 rings (SSSR count). The molecule has 0 saturated heterocycles. The number of hydrogen-bond acceptors (Lipinski definition) is 3. The number of aromatic nitrogens is 1. The Balaban J connectivity index is 3.06. The van der Waals surface area contributed by atoms with Crippen LogP contribution in [0.4, 0.5) is 18.9 Å². The van der Waals surface area contributed by atoms with E-state index in [1.54, 1.807) is 6.92 Å². The SMILES string of the molecule is Cc1c(N)cc(OC(F)(F)F)nc1CBr. The summed E-state index contributed by atoms with van der Waals surface area (Å²) in [6.45, 7) is 1.68. The van der Waals surface area contributed by atoms with Crippen molar-refractivity contribution in [3.05, 3.63) is 17.3 Å². The molecule has 0 spiro atoms. The van der Waals surface area contributed by atoms with E-state index in [-0.39, 0.29) is 5.69 Å². The molecule has 3 nitrogen and oxygen atoms in total. The predicted molar refractivity (Wildman–Crippen MR) is 52.7 cm³/mol. The second-order valence-electron chi connectivity index (χ2n) is 2.80. The van der Waals surface area contributed by atoms with E-state index in [0.29, 0.717) is 16.6 Å². The highest BCUT2D eigenvalue weighted by Crippen LogP contribution is 2.26. The summed E-state index contributed by atoms with van der Waals surface area (Å²) in [5.41, 5.74) is 6.79. The fraction of sp³-hybridized carbons (Fsp3) is 0.375. The van der Waals surface area contributed by atoms with E-state index in [4.69, 9.17) is 5.73 Å². The molecule has 15 heavy (non-hydrogen) atoms. The van der Waals surface area contributed by atoms with Gasteiger partial charge in [-0.2, -0.15) is 0 Å². The Morgan fingerprint density at radius 3 is 2.60 bits per heavy atom. The van der Waals surface area contributed by atoms with Crippen molar-refractivity contribution in [2.75, 3.05) is 5.73 Å². The monoisotopic (exact) mass is 284 g/mol. The van der Waals surface area contributed by atoms with Gasteiger partial charge in [0.1, 0.15) is 0 Å². The Morgan fingerprint density at radius 2 is 2.13 bits per heavy atom. The molecule has 84 valence electrons. The van der Waals surface area contributed by atoms with Gasteiger partial charge in [0.2, 0.25) is 5.88 Å². The lowest BCUT2D eigenvalue weighted by molar-refractivity contribution is -0.276. The third-order valence-corrected chi connectivity index (χ3v) is 2.27. The third kappa shape index (κ3) is 3.26. The topological polar surface area (TPSA) is 48.1 Å². The van der Waals surface area contributed by atoms with Crippen molar-refractivity contribution < 1.29 is 17.9 Å². The van der Waals surface area contributed by atoms with Crippen LogP contribution in [-0.4, -0.2) is 11.3 Å². The van der Waals surface area contributed by atoms with Gasteiger partial charge < -0.3 is 10.5 Å². The number of rotatable bonds is 2. The van der Waals surface area contributed by atoms with Crippen molar-refractivity contribution in [3.63, 3.8) is 0 Å². The van der Waals surface area contributed by atoms with Gasteiger partial charge in [0.15, 0.2) is 0 Å². The summed E-state index contributed by atoms with van der Waals surface area (Å²) in [4.78, 5) is 3.67. The van der Waals surface area contributed by atoms with E-state index in [1.807, 2.05) is 0 Å². The maximum Gasteiger partial charge on any atom is 0.574 e. The number of nitrogen functional groups attached to an aromatic ring is 1. The van der Waals surface area contributed by atoms with Gasteiger partial charge in [-0.15, -0.1) is 13.2 Å². The van der Waals surface area contributed by atoms with E-state index < -0.39 is 12.2 Å². The zero-order valence-electron chi connectivity index (χ0n) is 7.73. The fourth-order valence-corrected chi connectivity index (χ4v) is 1.50. The molecular weight excluding hydrogens is 277 g/mol. The van der Waals surface area contributed by atoms with Gasteiger partial charge in [0.05, 0.1) is 5.69 Å². The van der Waals surface area contributed by atoms with Crippen molar-refractivity contribution in [1.82, 2.24) is 4.98 Å². The highest BCUT2D eigenvalue weighted by Gasteiger charge is 2.32. The number of halogens is 4. The van der Waals surface area contributed by atoms with Gasteiger partial charge in [-0.1, -0.05) is 15.9 Å². The Morgan fingerprint density at radius 1 is 1.53 bits per heavy atom. The Kier molecular flexibility index (Phi) is 3.43. The van der Waals surface area contributed by atoms with Gasteiger partial charge in [-0.25, -0.2) is 4.98 Å². The minimum Gasteiger partial charge on any atom is -0.398 e. The van der Waals surface area contributed by atoms with Crippen LogP contribution in [0, 0.1) is 6.92 Å². The second-order valence-corrected chi connectivity index (χ2v) is 3.36. The predicted octanol–water partition coefficient (Wildman–Crippen LogP) is 2.77. The molecule has 1 aromatic heterocycles. The van der Waals surface area contributed by atoms with Crippen LogP contribution in [-0.2, 0) is 5.33 Å². The molecule has 0 bridgehead atoms. The summed E-state index contributed by atoms with van der Waals surface area (Å²) < 4.78 is 39.4. The molecule has 0 aromatic carbocycles. The number of hydrogen-bond donors (Lipinski definition) is 1. The van der Waals surface area contributed by atoms with Crippen LogP contribution < -0.4 is 10.5 Å². The molecule has 0 atom stereocenters. The summed E-state index contributed by atoms with van der Waals surface area (Å²) >= 11 is 3.10. The first-order chi connectivity index (χ1) is 6.83. The Bertz CT molecular complexity index is 368. The molecule has 0 radical (unpaired) electrons. The number of anilines is 1. The van der Waals surface area contributed by atoms with E-state index in [2.05, 4.69) is 25.7 Å². The molecule has 0 aliphatic rings. The molecule has 0 unspecified atom stereocenters. The van der Waals surface area contributed by atoms with Gasteiger partial charge >= 0.3 is 6.36 Å². The summed E-state index contributed by atoms with van der Waals surface area (Å²) in [7, 11) is 0. The number of pyridine rings is 1. The zero-order chi connectivity index (χ0) is 11.6. The lowest BCUT2D eigenvalue weighted by atomic mass is 10.2. The van der Waals surface area contributed by atoms with E-state index in [1.165, 1.54) is 0 Å². The maximum atomic E-state index is 11.9. The maximum absolute atomic E-state index is 11.9. The van der Waals surface area contributed by atoms with Crippen LogP contribution in [0.1, 0.15) is 11.3 Å². The van der Waals surface area contributed by atoms with Crippen molar-refractivity contribution in [3.8, 4) is 5.88 Å². The average molecular weight is 285 g/mol. The molecule has 0 amide bonds. The van der Waals surface area contributed by atoms with Crippen LogP contribution in [0.2, 0.25) is 0 Å². The quantitative estimate of drug-likeness (QED) is 0.850. The van der Waals surface area contributed by atoms with Crippen LogP contribution in [0.25, 0.3) is 0 Å². The molecule has 0 saturated carbocycles. The molecule has 1 heterocycles. The van der Waals surface area contributed by atoms with Gasteiger partial charge in [-0.3, -0.25) is 0 Å². The Labute approximate surface area is 92.6 Å². The zero-order valence-corrected chi connectivity index (χ0v) is 9.32. The standard InChI is InChI=1S/C8H8BrF3N2O/c1-4-5(13)2-7(14-6(4)3-9)15-8(10,11)12/h2H,3H2,1H3,(H2,13,14). The van der Waals surface area contributed by atoms with E-state index >= 15 is 0 Å². The lowest BCUT2D eigenvalue weighted by Crippen LogP contribution is -2.18. The summed E-state index contributed by atoms with van der Waals surface area (Å²) in [6.07, 6.45) is -4.75. The number of ether oxygens (including phenoxy) is 1. The first kappa shape index (κ1) is 12.1. The molecule has 0 aliphatic carbocycles. The van der Waals surface area contributed by atoms with Crippen LogP contribution in [0.3, 0.4) is 0 Å². The van der Waals surface area contributed by atoms with Gasteiger partial charge in [0.25, 0.3) is 0 Å². The third-order valence-electron chi connectivity index (χ3n) is 1.74. The van der Waals surface area contributed by atoms with E-state index in [0.717, 1.165) is 6.07 Å². The highest BCUT2D eigenvalue weighted by atomic mass is 79.9. The first-order valence-corrected chi connectivity index (χ1v) is 5.03. The van der Waals surface area contributed by atoms with Crippen molar-refractivity contribution >= 4 is 21.6 Å². The first-order valence-electron chi connectivity index (χ1n) is 3.91. The molecule has 1 aromatic rings. The largest absolute Gasteiger partial charge is 0.574 e. The van der Waals surface area contributed by atoms with Crippen LogP contribution in [0.5, 0.6) is 5.88 Å². The van der Waals surface area contributed by atoms with Crippen molar-refractivity contribution in [2.45, 2.75) is 18.6 Å². The summed E-state index contributed by atoms with van der Waals surface area (Å²) in [5.74, 6) is -0.542. The minimum atomic E-state index is -4.75. The Hall–Kier alpha value is -0.980. The van der Waals surface area contributed by atoms with E-state index in [9.17, 15) is 13.2 Å². The molecule has 2 N–H and O–H groups in total. The number of alkyl halides is 4. The summed E-state index contributed by atoms with van der Waals surface area (Å²) in [6, 6.07) is 1.05. The van der Waals surface area contributed by atoms with Gasteiger partial charge in [0, 0.05) is 17.1 Å².